The maximum absolute atomic E-state index is 12.6. The summed E-state index contributed by atoms with van der Waals surface area (Å²) in [4.78, 5) is 24.6. The molecular formula is C20H23N3O3. The van der Waals surface area contributed by atoms with Crippen molar-refractivity contribution in [3.63, 3.8) is 0 Å². The number of hydrogen-bond acceptors (Lipinski definition) is 3. The van der Waals surface area contributed by atoms with Gasteiger partial charge in [0, 0.05) is 19.8 Å². The fraction of sp³-hybridized carbons (Fsp3) is 0.300. The third-order valence-electron chi connectivity index (χ3n) is 4.50. The van der Waals surface area contributed by atoms with Crippen LogP contribution in [0.3, 0.4) is 0 Å². The monoisotopic (exact) mass is 353 g/mol. The van der Waals surface area contributed by atoms with Crippen LogP contribution in [0.15, 0.2) is 47.3 Å². The standard InChI is InChI=1S/C20H23N3O3/c1-5-18(26-15-9-6-13(2)7-10-15)19(24)21-14-8-11-16-17(12-14)23(4)20(25)22(16)3/h6-12,18H,5H2,1-4H3,(H,21,24)/t18-/m1/s1. The Balaban J connectivity index is 1.79. The summed E-state index contributed by atoms with van der Waals surface area (Å²) >= 11 is 0. The predicted octanol–water partition coefficient (Wildman–Crippen LogP) is 2.98. The molecule has 1 N–H and O–H groups in total. The SMILES string of the molecule is CC[C@@H](Oc1ccc(C)cc1)C(=O)Nc1ccc2c(c1)n(C)c(=O)n2C. The molecule has 0 radical (unpaired) electrons. The zero-order valence-corrected chi connectivity index (χ0v) is 15.4. The second-order valence-corrected chi connectivity index (χ2v) is 6.42. The quantitative estimate of drug-likeness (QED) is 0.767. The molecule has 0 unspecified atom stereocenters. The average molecular weight is 353 g/mol. The Morgan fingerprint density at radius 3 is 2.38 bits per heavy atom. The van der Waals surface area contributed by atoms with Crippen LogP contribution >= 0.6 is 0 Å². The van der Waals surface area contributed by atoms with E-state index in [0.29, 0.717) is 17.9 Å². The third-order valence-corrected chi connectivity index (χ3v) is 4.50. The summed E-state index contributed by atoms with van der Waals surface area (Å²) in [6.07, 6.45) is -0.0424. The molecule has 1 atom stereocenters. The number of carbonyl (C=O) groups is 1. The van der Waals surface area contributed by atoms with Crippen LogP contribution in [-0.2, 0) is 18.9 Å². The van der Waals surface area contributed by atoms with E-state index in [1.807, 2.05) is 44.2 Å². The van der Waals surface area contributed by atoms with Gasteiger partial charge in [-0.15, -0.1) is 0 Å². The van der Waals surface area contributed by atoms with Crippen LogP contribution in [0.2, 0.25) is 0 Å². The third kappa shape index (κ3) is 3.35. The topological polar surface area (TPSA) is 65.3 Å². The molecule has 3 aromatic rings. The Kier molecular flexibility index (Phi) is 4.84. The lowest BCUT2D eigenvalue weighted by molar-refractivity contribution is -0.122. The molecule has 136 valence electrons. The van der Waals surface area contributed by atoms with Crippen molar-refractivity contribution in [2.45, 2.75) is 26.4 Å². The number of nitrogens with one attached hydrogen (secondary N) is 1. The molecule has 0 saturated heterocycles. The summed E-state index contributed by atoms with van der Waals surface area (Å²) < 4.78 is 8.96. The van der Waals surface area contributed by atoms with Gasteiger partial charge in [0.1, 0.15) is 5.75 Å². The van der Waals surface area contributed by atoms with Gasteiger partial charge in [0.25, 0.3) is 5.91 Å². The second kappa shape index (κ2) is 7.07. The van der Waals surface area contributed by atoms with Gasteiger partial charge in [0.05, 0.1) is 11.0 Å². The number of anilines is 1. The van der Waals surface area contributed by atoms with E-state index in [-0.39, 0.29) is 11.6 Å². The van der Waals surface area contributed by atoms with E-state index < -0.39 is 6.10 Å². The Morgan fingerprint density at radius 2 is 1.73 bits per heavy atom. The molecule has 3 rings (SSSR count). The molecule has 0 fully saturated rings. The molecule has 2 aromatic carbocycles. The van der Waals surface area contributed by atoms with Gasteiger partial charge in [-0.2, -0.15) is 0 Å². The summed E-state index contributed by atoms with van der Waals surface area (Å²) in [5.74, 6) is 0.451. The van der Waals surface area contributed by atoms with Gasteiger partial charge in [0.15, 0.2) is 6.10 Å². The molecule has 0 saturated carbocycles. The van der Waals surface area contributed by atoms with Crippen molar-refractivity contribution < 1.29 is 9.53 Å². The van der Waals surface area contributed by atoms with Crippen molar-refractivity contribution in [1.82, 2.24) is 9.13 Å². The number of carbonyl (C=O) groups excluding carboxylic acids is 1. The Bertz CT molecular complexity index is 1000. The van der Waals surface area contributed by atoms with Crippen LogP contribution < -0.4 is 15.7 Å². The summed E-state index contributed by atoms with van der Waals surface area (Å²) in [6.45, 7) is 3.91. The van der Waals surface area contributed by atoms with Crippen molar-refractivity contribution in [2.75, 3.05) is 5.32 Å². The van der Waals surface area contributed by atoms with E-state index in [1.54, 1.807) is 35.4 Å². The van der Waals surface area contributed by atoms with Gasteiger partial charge in [-0.05, 0) is 43.7 Å². The highest BCUT2D eigenvalue weighted by atomic mass is 16.5. The molecule has 26 heavy (non-hydrogen) atoms. The first-order chi connectivity index (χ1) is 12.4. The fourth-order valence-electron chi connectivity index (χ4n) is 2.91. The molecule has 6 nitrogen and oxygen atoms in total. The van der Waals surface area contributed by atoms with Crippen molar-refractivity contribution >= 4 is 22.6 Å². The largest absolute Gasteiger partial charge is 0.481 e. The smallest absolute Gasteiger partial charge is 0.328 e. The van der Waals surface area contributed by atoms with Crippen molar-refractivity contribution in [1.29, 1.82) is 0 Å². The minimum Gasteiger partial charge on any atom is -0.481 e. The van der Waals surface area contributed by atoms with Crippen LogP contribution in [0.1, 0.15) is 18.9 Å². The summed E-state index contributed by atoms with van der Waals surface area (Å²) in [5, 5.41) is 2.88. The van der Waals surface area contributed by atoms with Gasteiger partial charge in [0.2, 0.25) is 0 Å². The Hall–Kier alpha value is -3.02. The van der Waals surface area contributed by atoms with Crippen molar-refractivity contribution in [3.8, 4) is 5.75 Å². The summed E-state index contributed by atoms with van der Waals surface area (Å²) in [6, 6.07) is 13.0. The number of nitrogens with zero attached hydrogens (tertiary/aromatic N) is 2. The first kappa shape index (κ1) is 17.8. The zero-order chi connectivity index (χ0) is 18.8. The number of hydrogen-bond donors (Lipinski definition) is 1. The highest BCUT2D eigenvalue weighted by molar-refractivity contribution is 5.96. The number of aryl methyl sites for hydroxylation is 3. The van der Waals surface area contributed by atoms with E-state index in [9.17, 15) is 9.59 Å². The van der Waals surface area contributed by atoms with Gasteiger partial charge < -0.3 is 10.1 Å². The minimum absolute atomic E-state index is 0.0994. The predicted molar refractivity (Wildman–Crippen MR) is 103 cm³/mol. The molecule has 1 heterocycles. The number of aromatic nitrogens is 2. The lowest BCUT2D eigenvalue weighted by Crippen LogP contribution is -2.32. The average Bonchev–Trinajstić information content (AvgIpc) is 2.85. The van der Waals surface area contributed by atoms with E-state index in [4.69, 9.17) is 4.74 Å². The minimum atomic E-state index is -0.590. The number of imidazole rings is 1. The number of ether oxygens (including phenoxy) is 1. The molecule has 1 aromatic heterocycles. The Labute approximate surface area is 152 Å². The van der Waals surface area contributed by atoms with Crippen LogP contribution in [0.4, 0.5) is 5.69 Å². The summed E-state index contributed by atoms with van der Waals surface area (Å²) in [7, 11) is 3.44. The normalized spacial score (nSPS) is 12.2. The molecule has 0 aliphatic heterocycles. The number of benzene rings is 2. The molecule has 0 aliphatic rings. The maximum Gasteiger partial charge on any atom is 0.328 e. The van der Waals surface area contributed by atoms with Gasteiger partial charge in [-0.25, -0.2) is 4.79 Å². The highest BCUT2D eigenvalue weighted by Crippen LogP contribution is 2.19. The molecule has 0 bridgehead atoms. The zero-order valence-electron chi connectivity index (χ0n) is 15.4. The van der Waals surface area contributed by atoms with E-state index in [0.717, 1.165) is 16.6 Å². The van der Waals surface area contributed by atoms with Crippen LogP contribution in [0.25, 0.3) is 11.0 Å². The van der Waals surface area contributed by atoms with E-state index in [2.05, 4.69) is 5.32 Å². The molecule has 0 aliphatic carbocycles. The first-order valence-electron chi connectivity index (χ1n) is 8.60. The number of amides is 1. The maximum atomic E-state index is 12.6. The van der Waals surface area contributed by atoms with E-state index >= 15 is 0 Å². The van der Waals surface area contributed by atoms with Gasteiger partial charge in [-0.1, -0.05) is 24.6 Å². The van der Waals surface area contributed by atoms with Crippen LogP contribution in [0.5, 0.6) is 5.75 Å². The summed E-state index contributed by atoms with van der Waals surface area (Å²) in [5.41, 5.74) is 3.25. The first-order valence-corrected chi connectivity index (χ1v) is 8.60. The second-order valence-electron chi connectivity index (χ2n) is 6.42. The van der Waals surface area contributed by atoms with Crippen molar-refractivity contribution in [2.24, 2.45) is 14.1 Å². The number of rotatable bonds is 5. The van der Waals surface area contributed by atoms with Gasteiger partial charge >= 0.3 is 5.69 Å². The lowest BCUT2D eigenvalue weighted by Gasteiger charge is -2.17. The molecule has 1 amide bonds. The lowest BCUT2D eigenvalue weighted by atomic mass is 10.2. The Morgan fingerprint density at radius 1 is 1.08 bits per heavy atom. The van der Waals surface area contributed by atoms with Crippen molar-refractivity contribution in [3.05, 3.63) is 58.5 Å². The molecule has 6 heteroatoms. The molecule has 0 spiro atoms. The fourth-order valence-corrected chi connectivity index (χ4v) is 2.91. The highest BCUT2D eigenvalue weighted by Gasteiger charge is 2.19. The van der Waals surface area contributed by atoms with E-state index in [1.165, 1.54) is 0 Å². The van der Waals surface area contributed by atoms with Gasteiger partial charge in [-0.3, -0.25) is 13.9 Å². The molecular weight excluding hydrogens is 330 g/mol. The van der Waals surface area contributed by atoms with Crippen LogP contribution in [0, 0.1) is 6.92 Å². The van der Waals surface area contributed by atoms with Crippen LogP contribution in [-0.4, -0.2) is 21.1 Å². The number of fused-ring (bicyclic) bond motifs is 1.